The van der Waals surface area contributed by atoms with Crippen molar-refractivity contribution in [1.29, 1.82) is 0 Å². The maximum Gasteiger partial charge on any atom is 0.246 e. The molecule has 1 aromatic rings. The van der Waals surface area contributed by atoms with Crippen molar-refractivity contribution in [3.05, 3.63) is 24.3 Å². The first-order valence-electron chi connectivity index (χ1n) is 4.07. The number of rotatable bonds is 2. The van der Waals surface area contributed by atoms with Gasteiger partial charge in [0.2, 0.25) is 5.91 Å². The average molecular weight is 178 g/mol. The number of carbonyl (C=O) groups excluding carboxylic acids is 1. The summed E-state index contributed by atoms with van der Waals surface area (Å²) in [5.41, 5.74) is 2.37. The quantitative estimate of drug-likeness (QED) is 0.363. The number of amides is 1. The molecule has 0 atom stereocenters. The number of aromatic nitrogens is 2. The van der Waals surface area contributed by atoms with Gasteiger partial charge in [0.05, 0.1) is 11.1 Å². The molecule has 3 N–H and O–H groups in total. The van der Waals surface area contributed by atoms with Crippen LogP contribution in [0.5, 0.6) is 0 Å². The maximum atomic E-state index is 11.4. The van der Waals surface area contributed by atoms with E-state index < -0.39 is 5.41 Å². The van der Waals surface area contributed by atoms with Crippen LogP contribution in [0.3, 0.4) is 0 Å². The summed E-state index contributed by atoms with van der Waals surface area (Å²) in [5.74, 6) is 4.91. The van der Waals surface area contributed by atoms with E-state index in [2.05, 4.69) is 15.4 Å². The molecule has 1 aliphatic rings. The van der Waals surface area contributed by atoms with Crippen LogP contribution in [0.25, 0.3) is 0 Å². The fraction of sp³-hybridized carbons (Fsp3) is 0.375. The minimum atomic E-state index is -0.497. The summed E-state index contributed by atoms with van der Waals surface area (Å²) in [6.45, 7) is 0. The van der Waals surface area contributed by atoms with Crippen LogP contribution in [0.2, 0.25) is 0 Å². The Labute approximate surface area is 75.3 Å². The first-order chi connectivity index (χ1) is 6.29. The molecule has 0 radical (unpaired) electrons. The van der Waals surface area contributed by atoms with Crippen LogP contribution in [0.1, 0.15) is 18.5 Å². The van der Waals surface area contributed by atoms with E-state index in [4.69, 9.17) is 5.84 Å². The first kappa shape index (κ1) is 8.12. The Morgan fingerprint density at radius 3 is 2.77 bits per heavy atom. The fourth-order valence-electron chi connectivity index (χ4n) is 1.41. The molecule has 1 fully saturated rings. The second-order valence-corrected chi connectivity index (χ2v) is 3.15. The van der Waals surface area contributed by atoms with Gasteiger partial charge in [-0.1, -0.05) is 0 Å². The topological polar surface area (TPSA) is 80.9 Å². The Morgan fingerprint density at radius 2 is 2.31 bits per heavy atom. The van der Waals surface area contributed by atoms with Crippen molar-refractivity contribution in [2.24, 2.45) is 5.84 Å². The van der Waals surface area contributed by atoms with Crippen LogP contribution in [0, 0.1) is 0 Å². The minimum Gasteiger partial charge on any atom is -0.293 e. The van der Waals surface area contributed by atoms with Gasteiger partial charge in [0.15, 0.2) is 0 Å². The molecule has 5 heteroatoms. The second kappa shape index (κ2) is 2.77. The normalized spacial score (nSPS) is 17.9. The largest absolute Gasteiger partial charge is 0.293 e. The van der Waals surface area contributed by atoms with Crippen molar-refractivity contribution in [3.63, 3.8) is 0 Å². The number of hydrazine groups is 1. The molecular formula is C8H10N4O. The standard InChI is InChI=1S/C8H10N4O/c9-12-7(13)8(1-2-8)6-5-10-3-4-11-6/h3-5H,1-2,9H2,(H,12,13). The van der Waals surface area contributed by atoms with Crippen LogP contribution in [0.4, 0.5) is 0 Å². The van der Waals surface area contributed by atoms with Gasteiger partial charge in [-0.05, 0) is 12.8 Å². The third-order valence-corrected chi connectivity index (χ3v) is 2.37. The van der Waals surface area contributed by atoms with Gasteiger partial charge in [-0.15, -0.1) is 0 Å². The summed E-state index contributed by atoms with van der Waals surface area (Å²) in [6.07, 6.45) is 6.38. The number of nitrogens with two attached hydrogens (primary N) is 1. The third-order valence-electron chi connectivity index (χ3n) is 2.37. The smallest absolute Gasteiger partial charge is 0.246 e. The summed E-state index contributed by atoms with van der Waals surface area (Å²) >= 11 is 0. The third kappa shape index (κ3) is 1.17. The second-order valence-electron chi connectivity index (χ2n) is 3.15. The molecule has 2 rings (SSSR count). The number of nitrogens with one attached hydrogen (secondary N) is 1. The Kier molecular flexibility index (Phi) is 1.73. The summed E-state index contributed by atoms with van der Waals surface area (Å²) < 4.78 is 0. The molecule has 1 heterocycles. The lowest BCUT2D eigenvalue weighted by Gasteiger charge is -2.10. The summed E-state index contributed by atoms with van der Waals surface area (Å²) in [7, 11) is 0. The van der Waals surface area contributed by atoms with E-state index in [-0.39, 0.29) is 5.91 Å². The summed E-state index contributed by atoms with van der Waals surface area (Å²) in [4.78, 5) is 19.4. The highest BCUT2D eigenvalue weighted by Crippen LogP contribution is 2.46. The monoisotopic (exact) mass is 178 g/mol. The van der Waals surface area contributed by atoms with Crippen LogP contribution in [0.15, 0.2) is 18.6 Å². The molecule has 0 aliphatic heterocycles. The molecule has 13 heavy (non-hydrogen) atoms. The van der Waals surface area contributed by atoms with Crippen LogP contribution < -0.4 is 11.3 Å². The molecule has 0 bridgehead atoms. The lowest BCUT2D eigenvalue weighted by atomic mass is 10.0. The highest BCUT2D eigenvalue weighted by atomic mass is 16.2. The van der Waals surface area contributed by atoms with E-state index in [9.17, 15) is 4.79 Å². The first-order valence-corrected chi connectivity index (χ1v) is 4.07. The SMILES string of the molecule is NNC(=O)C1(c2cnccn2)CC1. The van der Waals surface area contributed by atoms with Gasteiger partial charge >= 0.3 is 0 Å². The van der Waals surface area contributed by atoms with Crippen molar-refractivity contribution in [1.82, 2.24) is 15.4 Å². The molecule has 0 unspecified atom stereocenters. The molecule has 1 saturated carbocycles. The highest BCUT2D eigenvalue weighted by Gasteiger charge is 2.52. The van der Waals surface area contributed by atoms with Gasteiger partial charge in [0.1, 0.15) is 0 Å². The number of hydrogen-bond acceptors (Lipinski definition) is 4. The Morgan fingerprint density at radius 1 is 1.54 bits per heavy atom. The van der Waals surface area contributed by atoms with Gasteiger partial charge in [0.25, 0.3) is 0 Å². The number of hydrogen-bond donors (Lipinski definition) is 2. The van der Waals surface area contributed by atoms with Gasteiger partial charge in [-0.3, -0.25) is 20.2 Å². The predicted octanol–water partition coefficient (Wildman–Crippen LogP) is -0.502. The van der Waals surface area contributed by atoms with Crippen LogP contribution in [-0.4, -0.2) is 15.9 Å². The van der Waals surface area contributed by atoms with E-state index in [1.165, 1.54) is 0 Å². The molecule has 1 amide bonds. The molecule has 1 aromatic heterocycles. The Bertz CT molecular complexity index is 320. The average Bonchev–Trinajstić information content (AvgIpc) is 2.99. The lowest BCUT2D eigenvalue weighted by molar-refractivity contribution is -0.123. The van der Waals surface area contributed by atoms with Crippen LogP contribution in [-0.2, 0) is 10.2 Å². The zero-order chi connectivity index (χ0) is 9.31. The Balaban J connectivity index is 2.31. The van der Waals surface area contributed by atoms with Crippen molar-refractivity contribution in [2.45, 2.75) is 18.3 Å². The summed E-state index contributed by atoms with van der Waals surface area (Å²) in [5, 5.41) is 0. The zero-order valence-electron chi connectivity index (χ0n) is 7.03. The van der Waals surface area contributed by atoms with Crippen LogP contribution >= 0.6 is 0 Å². The van der Waals surface area contributed by atoms with Crippen molar-refractivity contribution < 1.29 is 4.79 Å². The van der Waals surface area contributed by atoms with Gasteiger partial charge in [0, 0.05) is 18.6 Å². The zero-order valence-corrected chi connectivity index (χ0v) is 7.03. The van der Waals surface area contributed by atoms with E-state index in [1.807, 2.05) is 0 Å². The molecule has 68 valence electrons. The van der Waals surface area contributed by atoms with E-state index in [1.54, 1.807) is 18.6 Å². The van der Waals surface area contributed by atoms with Gasteiger partial charge in [-0.25, -0.2) is 5.84 Å². The molecular weight excluding hydrogens is 168 g/mol. The van der Waals surface area contributed by atoms with Gasteiger partial charge < -0.3 is 0 Å². The minimum absolute atomic E-state index is 0.173. The molecule has 1 aliphatic carbocycles. The lowest BCUT2D eigenvalue weighted by Crippen LogP contribution is -2.39. The maximum absolute atomic E-state index is 11.4. The van der Waals surface area contributed by atoms with E-state index in [0.29, 0.717) is 5.69 Å². The van der Waals surface area contributed by atoms with Crippen molar-refractivity contribution in [2.75, 3.05) is 0 Å². The molecule has 0 saturated heterocycles. The molecule has 0 aromatic carbocycles. The number of carbonyl (C=O) groups is 1. The van der Waals surface area contributed by atoms with Crippen molar-refractivity contribution >= 4 is 5.91 Å². The molecule has 0 spiro atoms. The fourth-order valence-corrected chi connectivity index (χ4v) is 1.41. The summed E-state index contributed by atoms with van der Waals surface area (Å²) in [6, 6.07) is 0. The Hall–Kier alpha value is -1.49. The highest BCUT2D eigenvalue weighted by molar-refractivity contribution is 5.90. The van der Waals surface area contributed by atoms with Crippen molar-refractivity contribution in [3.8, 4) is 0 Å². The number of nitrogens with zero attached hydrogens (tertiary/aromatic N) is 2. The van der Waals surface area contributed by atoms with E-state index >= 15 is 0 Å². The molecule has 5 nitrogen and oxygen atoms in total. The predicted molar refractivity (Wildman–Crippen MR) is 45.3 cm³/mol. The van der Waals surface area contributed by atoms with E-state index in [0.717, 1.165) is 12.8 Å². The van der Waals surface area contributed by atoms with Gasteiger partial charge in [-0.2, -0.15) is 0 Å².